The number of benzene rings is 1. The molecule has 3 aromatic rings. The number of aliphatic hydroxyl groups is 2. The van der Waals surface area contributed by atoms with Crippen LogP contribution in [0.3, 0.4) is 0 Å². The number of nitrogens with one attached hydrogen (secondary N) is 2. The molecule has 15 heteroatoms. The fraction of sp³-hybridized carbons (Fsp3) is 0.400. The molecule has 14 nitrogen and oxygen atoms in total. The largest absolute Gasteiger partial charge is 0.448 e. The van der Waals surface area contributed by atoms with Gasteiger partial charge in [0, 0.05) is 13.0 Å². The van der Waals surface area contributed by atoms with E-state index in [2.05, 4.69) is 19.7 Å². The molecule has 0 saturated carbocycles. The minimum Gasteiger partial charge on any atom is -0.448 e. The van der Waals surface area contributed by atoms with Crippen molar-refractivity contribution in [1.29, 1.82) is 0 Å². The highest BCUT2D eigenvalue weighted by Gasteiger charge is 2.44. The predicted molar refractivity (Wildman–Crippen MR) is 122 cm³/mol. The Balaban J connectivity index is 1.26. The number of imidazole rings is 1. The van der Waals surface area contributed by atoms with Crippen molar-refractivity contribution in [2.75, 3.05) is 18.9 Å². The summed E-state index contributed by atoms with van der Waals surface area (Å²) in [5.74, 6) is 0.152. The molecule has 35 heavy (non-hydrogen) atoms. The molecular weight excluding hydrogens is 482 g/mol. The van der Waals surface area contributed by atoms with E-state index in [1.54, 1.807) is 4.72 Å². The molecule has 1 aliphatic rings. The van der Waals surface area contributed by atoms with Crippen molar-refractivity contribution in [3.8, 4) is 0 Å². The highest BCUT2D eigenvalue weighted by atomic mass is 32.2. The maximum absolute atomic E-state index is 12.1. The van der Waals surface area contributed by atoms with Gasteiger partial charge in [-0.3, -0.25) is 4.57 Å². The molecule has 1 amide bonds. The average Bonchev–Trinajstić information content (AvgIpc) is 3.37. The summed E-state index contributed by atoms with van der Waals surface area (Å²) in [5, 5.41) is 20.8. The van der Waals surface area contributed by atoms with Crippen LogP contribution in [0.15, 0.2) is 43.0 Å². The summed E-state index contributed by atoms with van der Waals surface area (Å²) in [6.45, 7) is -0.181. The molecule has 188 valence electrons. The second-order valence-corrected chi connectivity index (χ2v) is 9.29. The van der Waals surface area contributed by atoms with Crippen molar-refractivity contribution < 1.29 is 32.9 Å². The number of hydrogen-bond acceptors (Lipinski definition) is 11. The second-order valence-electron chi connectivity index (χ2n) is 7.79. The summed E-state index contributed by atoms with van der Waals surface area (Å²) < 4.78 is 40.2. The van der Waals surface area contributed by atoms with Crippen LogP contribution < -0.4 is 15.2 Å². The number of fused-ring (bicyclic) bond motifs is 1. The number of aromatic nitrogens is 4. The van der Waals surface area contributed by atoms with Gasteiger partial charge in [-0.05, 0) is 12.0 Å². The lowest BCUT2D eigenvalue weighted by Gasteiger charge is -2.16. The van der Waals surface area contributed by atoms with Gasteiger partial charge in [-0.2, -0.15) is 13.1 Å². The summed E-state index contributed by atoms with van der Waals surface area (Å²) in [7, 11) is -4.21. The molecule has 0 unspecified atom stereocenters. The summed E-state index contributed by atoms with van der Waals surface area (Å²) in [6.07, 6.45) is -2.66. The lowest BCUT2D eigenvalue weighted by molar-refractivity contribution is -0.0363. The summed E-state index contributed by atoms with van der Waals surface area (Å²) >= 11 is 0. The third-order valence-electron chi connectivity index (χ3n) is 5.40. The minimum absolute atomic E-state index is 0.00242. The van der Waals surface area contributed by atoms with Gasteiger partial charge in [-0.25, -0.2) is 24.5 Å². The predicted octanol–water partition coefficient (Wildman–Crippen LogP) is -0.779. The summed E-state index contributed by atoms with van der Waals surface area (Å²) in [6, 6.07) is 9.27. The average molecular weight is 508 g/mol. The Morgan fingerprint density at radius 1 is 1.17 bits per heavy atom. The first kappa shape index (κ1) is 24.7. The normalized spacial score (nSPS) is 22.3. The van der Waals surface area contributed by atoms with E-state index in [0.29, 0.717) is 17.6 Å². The van der Waals surface area contributed by atoms with Crippen molar-refractivity contribution >= 4 is 33.3 Å². The molecular formula is C20H25N7O7S. The number of nitrogen functional groups attached to an aromatic ring is 1. The van der Waals surface area contributed by atoms with E-state index in [0.717, 1.165) is 5.56 Å². The number of anilines is 1. The lowest BCUT2D eigenvalue weighted by atomic mass is 10.1. The molecule has 3 heterocycles. The number of rotatable bonds is 9. The van der Waals surface area contributed by atoms with Gasteiger partial charge in [0.25, 0.3) is 0 Å². The third kappa shape index (κ3) is 5.83. The molecule has 4 atom stereocenters. The minimum atomic E-state index is -4.21. The quantitative estimate of drug-likeness (QED) is 0.243. The van der Waals surface area contributed by atoms with E-state index in [1.165, 1.54) is 17.2 Å². The van der Waals surface area contributed by atoms with Gasteiger partial charge in [-0.1, -0.05) is 30.3 Å². The monoisotopic (exact) mass is 507 g/mol. The molecule has 6 N–H and O–H groups in total. The molecule has 4 rings (SSSR count). The Kier molecular flexibility index (Phi) is 7.42. The second kappa shape index (κ2) is 10.5. The molecule has 1 saturated heterocycles. The number of hydrogen-bond donors (Lipinski definition) is 5. The smallest absolute Gasteiger partial charge is 0.421 e. The van der Waals surface area contributed by atoms with Crippen LogP contribution in [-0.4, -0.2) is 75.7 Å². The highest BCUT2D eigenvalue weighted by Crippen LogP contribution is 2.33. The van der Waals surface area contributed by atoms with E-state index in [1.807, 2.05) is 30.3 Å². The van der Waals surface area contributed by atoms with Crippen molar-refractivity contribution in [2.24, 2.45) is 0 Å². The summed E-state index contributed by atoms with van der Waals surface area (Å²) in [4.78, 5) is 23.8. The van der Waals surface area contributed by atoms with Gasteiger partial charge in [0.1, 0.15) is 24.1 Å². The number of nitrogens with two attached hydrogens (primary N) is 1. The van der Waals surface area contributed by atoms with Gasteiger partial charge in [0.05, 0.1) is 19.0 Å². The van der Waals surface area contributed by atoms with Crippen molar-refractivity contribution in [2.45, 2.75) is 37.4 Å². The Bertz CT molecular complexity index is 1270. The number of ether oxygens (including phenoxy) is 2. The first-order valence-corrected chi connectivity index (χ1v) is 12.2. The van der Waals surface area contributed by atoms with Crippen LogP contribution in [-0.2, 0) is 26.1 Å². The first-order valence-electron chi connectivity index (χ1n) is 10.7. The zero-order valence-electron chi connectivity index (χ0n) is 18.4. The molecule has 0 aliphatic carbocycles. The van der Waals surface area contributed by atoms with Crippen LogP contribution in [0.2, 0.25) is 0 Å². The number of nitrogens with zero attached hydrogens (tertiary/aromatic N) is 4. The standard InChI is InChI=1S/C20H25N7O7S/c21-17-14-18(23-10-22-17)27(11-24-14)19-16(29)15(28)13(34-19)6-8-25-35(31,32)26-20(30)33-9-7-12-4-2-1-3-5-12/h1-5,10-11,13,15-16,19,25,28-29H,6-9H2,(H,26,30)(H2,21,22,23)/t13-,15-,16-,19-/m1/s1. The third-order valence-corrected chi connectivity index (χ3v) is 6.42. The maximum atomic E-state index is 12.1. The highest BCUT2D eigenvalue weighted by molar-refractivity contribution is 7.88. The number of amides is 1. The van der Waals surface area contributed by atoms with Gasteiger partial charge >= 0.3 is 16.3 Å². The maximum Gasteiger partial charge on any atom is 0.421 e. The van der Waals surface area contributed by atoms with Crippen molar-refractivity contribution in [3.63, 3.8) is 0 Å². The molecule has 2 aromatic heterocycles. The van der Waals surface area contributed by atoms with Crippen LogP contribution in [0, 0.1) is 0 Å². The van der Waals surface area contributed by atoms with E-state index >= 15 is 0 Å². The van der Waals surface area contributed by atoms with Crippen LogP contribution in [0.25, 0.3) is 11.2 Å². The van der Waals surface area contributed by atoms with Crippen LogP contribution >= 0.6 is 0 Å². The van der Waals surface area contributed by atoms with Crippen molar-refractivity contribution in [1.82, 2.24) is 29.0 Å². The number of carbonyl (C=O) groups is 1. The van der Waals surface area contributed by atoms with E-state index in [-0.39, 0.29) is 25.4 Å². The van der Waals surface area contributed by atoms with Crippen LogP contribution in [0.4, 0.5) is 10.6 Å². The number of aliphatic hydroxyl groups excluding tert-OH is 2. The molecule has 1 aliphatic heterocycles. The summed E-state index contributed by atoms with van der Waals surface area (Å²) in [5.41, 5.74) is 7.34. The Labute approximate surface area is 200 Å². The van der Waals surface area contributed by atoms with E-state index in [4.69, 9.17) is 15.2 Å². The first-order chi connectivity index (χ1) is 16.7. The lowest BCUT2D eigenvalue weighted by Crippen LogP contribution is -2.42. The molecule has 0 spiro atoms. The Hall–Kier alpha value is -3.37. The molecule has 0 radical (unpaired) electrons. The number of carbonyl (C=O) groups excluding carboxylic acids is 1. The molecule has 1 aromatic carbocycles. The van der Waals surface area contributed by atoms with Gasteiger partial charge in [0.15, 0.2) is 17.7 Å². The Morgan fingerprint density at radius 3 is 2.71 bits per heavy atom. The fourth-order valence-corrected chi connectivity index (χ4v) is 4.41. The molecule has 0 bridgehead atoms. The van der Waals surface area contributed by atoms with Gasteiger partial charge < -0.3 is 25.4 Å². The van der Waals surface area contributed by atoms with Crippen LogP contribution in [0.5, 0.6) is 0 Å². The Morgan fingerprint density at radius 2 is 1.94 bits per heavy atom. The van der Waals surface area contributed by atoms with Crippen molar-refractivity contribution in [3.05, 3.63) is 48.5 Å². The van der Waals surface area contributed by atoms with Gasteiger partial charge in [-0.15, -0.1) is 0 Å². The SMILES string of the molecule is Nc1ncnc2c1ncn2[C@@H]1O[C@H](CCNS(=O)(=O)NC(=O)OCCc2ccccc2)[C@@H](O)[C@H]1O. The zero-order valence-corrected chi connectivity index (χ0v) is 19.2. The topological polar surface area (TPSA) is 204 Å². The van der Waals surface area contributed by atoms with E-state index < -0.39 is 40.8 Å². The zero-order chi connectivity index (χ0) is 25.0. The van der Waals surface area contributed by atoms with E-state index in [9.17, 15) is 23.4 Å². The van der Waals surface area contributed by atoms with Gasteiger partial charge in [0.2, 0.25) is 0 Å². The molecule has 1 fully saturated rings. The fourth-order valence-electron chi connectivity index (χ4n) is 3.67. The van der Waals surface area contributed by atoms with Crippen LogP contribution in [0.1, 0.15) is 18.2 Å².